The first-order valence-electron chi connectivity index (χ1n) is 10.7. The van der Waals surface area contributed by atoms with E-state index in [1.165, 1.54) is 40.7 Å². The Hall–Kier alpha value is -3.24. The number of hydrogen-bond acceptors (Lipinski definition) is 5. The molecule has 0 radical (unpaired) electrons. The van der Waals surface area contributed by atoms with Crippen LogP contribution in [0.4, 0.5) is 5.69 Å². The number of nitrogens with zero attached hydrogens (tertiary/aromatic N) is 1. The fourth-order valence-corrected chi connectivity index (χ4v) is 5.00. The zero-order chi connectivity index (χ0) is 26.3. The summed E-state index contributed by atoms with van der Waals surface area (Å²) in [6, 6.07) is 9.96. The summed E-state index contributed by atoms with van der Waals surface area (Å²) in [6.07, 6.45) is 3.18. The molecule has 0 aliphatic carbocycles. The summed E-state index contributed by atoms with van der Waals surface area (Å²) in [5, 5.41) is 11.8. The first kappa shape index (κ1) is 28.0. The van der Waals surface area contributed by atoms with Gasteiger partial charge in [0.25, 0.3) is 15.9 Å². The number of carboxylic acids is 1. The minimum atomic E-state index is -3.69. The van der Waals surface area contributed by atoms with Crippen LogP contribution in [0, 0.1) is 0 Å². The van der Waals surface area contributed by atoms with Gasteiger partial charge in [0.2, 0.25) is 0 Å². The van der Waals surface area contributed by atoms with Gasteiger partial charge < -0.3 is 10.4 Å². The first-order valence-corrected chi connectivity index (χ1v) is 12.9. The van der Waals surface area contributed by atoms with Crippen molar-refractivity contribution in [1.29, 1.82) is 0 Å². The van der Waals surface area contributed by atoms with E-state index in [-0.39, 0.29) is 27.5 Å². The molecule has 2 N–H and O–H groups in total. The Labute approximate surface area is 213 Å². The van der Waals surface area contributed by atoms with Gasteiger partial charge in [-0.1, -0.05) is 28.6 Å². The molecule has 2 aromatic rings. The lowest BCUT2D eigenvalue weighted by molar-refractivity contribution is -0.113. The van der Waals surface area contributed by atoms with E-state index in [0.717, 1.165) is 12.0 Å². The number of rotatable bonds is 6. The van der Waals surface area contributed by atoms with Crippen LogP contribution in [0.5, 0.6) is 0 Å². The molecular weight excluding hydrogens is 536 g/mol. The van der Waals surface area contributed by atoms with Crippen LogP contribution in [0.3, 0.4) is 0 Å². The minimum absolute atomic E-state index is 0.0607. The number of halogens is 1. The van der Waals surface area contributed by atoms with Crippen molar-refractivity contribution in [3.8, 4) is 0 Å². The number of carboxylic acid groups (broad SMARTS) is 1. The summed E-state index contributed by atoms with van der Waals surface area (Å²) in [4.78, 5) is 34.2. The third kappa shape index (κ3) is 7.12. The van der Waals surface area contributed by atoms with Crippen LogP contribution < -0.4 is 5.32 Å². The third-order valence-electron chi connectivity index (χ3n) is 5.33. The first-order chi connectivity index (χ1) is 16.4. The van der Waals surface area contributed by atoms with Gasteiger partial charge in [0.1, 0.15) is 0 Å². The molecule has 3 rings (SSSR count). The number of hydrogen-bond donors (Lipinski definition) is 2. The van der Waals surface area contributed by atoms with Crippen molar-refractivity contribution in [2.24, 2.45) is 0 Å². The van der Waals surface area contributed by atoms with Crippen LogP contribution in [0.25, 0.3) is 0 Å². The Morgan fingerprint density at radius 2 is 1.74 bits per heavy atom. The lowest BCUT2D eigenvalue weighted by Gasteiger charge is -2.19. The van der Waals surface area contributed by atoms with Crippen LogP contribution in [0.15, 0.2) is 75.8 Å². The number of ketones is 1. The van der Waals surface area contributed by atoms with Crippen molar-refractivity contribution in [2.45, 2.75) is 38.5 Å². The summed E-state index contributed by atoms with van der Waals surface area (Å²) in [5.41, 5.74) is 1.68. The van der Waals surface area contributed by atoms with Crippen molar-refractivity contribution >= 4 is 49.3 Å². The maximum Gasteiger partial charge on any atom is 0.337 e. The van der Waals surface area contributed by atoms with Crippen LogP contribution in [-0.4, -0.2) is 42.0 Å². The lowest BCUT2D eigenvalue weighted by Crippen LogP contribution is -2.26. The van der Waals surface area contributed by atoms with Gasteiger partial charge in [0.05, 0.1) is 16.1 Å². The van der Waals surface area contributed by atoms with Crippen molar-refractivity contribution in [2.75, 3.05) is 11.9 Å². The van der Waals surface area contributed by atoms with Gasteiger partial charge in [0.15, 0.2) is 5.78 Å². The van der Waals surface area contributed by atoms with Crippen molar-refractivity contribution < 1.29 is 27.9 Å². The summed E-state index contributed by atoms with van der Waals surface area (Å²) in [6.45, 7) is 9.40. The van der Waals surface area contributed by atoms with Crippen molar-refractivity contribution in [3.05, 3.63) is 82.0 Å². The van der Waals surface area contributed by atoms with Gasteiger partial charge in [-0.15, -0.1) is 0 Å². The second kappa shape index (κ2) is 11.9. The average Bonchev–Trinajstić information content (AvgIpc) is 3.26. The number of allylic oxidation sites excluding steroid dienone is 3. The van der Waals surface area contributed by atoms with E-state index in [1.54, 1.807) is 13.0 Å². The molecule has 8 nitrogen and oxygen atoms in total. The highest BCUT2D eigenvalue weighted by molar-refractivity contribution is 9.10. The summed E-state index contributed by atoms with van der Waals surface area (Å²) < 4.78 is 27.2. The van der Waals surface area contributed by atoms with E-state index in [0.29, 0.717) is 23.1 Å². The van der Waals surface area contributed by atoms with Gasteiger partial charge in [-0.05, 0) is 81.7 Å². The highest BCUT2D eigenvalue weighted by atomic mass is 79.9. The van der Waals surface area contributed by atoms with E-state index in [2.05, 4.69) is 27.8 Å². The Morgan fingerprint density at radius 3 is 2.20 bits per heavy atom. The SMILES string of the molecule is C/C=C(\C)C(C)=O.C=C1CCCN1S(=O)(=O)c1ccc(C(=O)Nc2ccc(Br)cc2C(=O)O)cc1. The second-order valence-corrected chi connectivity index (χ2v) is 10.5. The number of anilines is 1. The smallest absolute Gasteiger partial charge is 0.337 e. The number of benzene rings is 2. The summed E-state index contributed by atoms with van der Waals surface area (Å²) in [5.74, 6) is -1.56. The number of amides is 1. The quantitative estimate of drug-likeness (QED) is 0.464. The Balaban J connectivity index is 0.000000540. The number of sulfonamides is 1. The fraction of sp³-hybridized carbons (Fsp3) is 0.240. The van der Waals surface area contributed by atoms with Gasteiger partial charge in [-0.2, -0.15) is 0 Å². The molecule has 35 heavy (non-hydrogen) atoms. The maximum atomic E-state index is 12.7. The molecule has 1 fully saturated rings. The number of aromatic carboxylic acids is 1. The molecule has 0 spiro atoms. The van der Waals surface area contributed by atoms with Gasteiger partial charge in [-0.3, -0.25) is 13.9 Å². The molecule has 0 atom stereocenters. The van der Waals surface area contributed by atoms with Crippen LogP contribution in [-0.2, 0) is 14.8 Å². The van der Waals surface area contributed by atoms with Gasteiger partial charge >= 0.3 is 5.97 Å². The predicted molar refractivity (Wildman–Crippen MR) is 138 cm³/mol. The van der Waals surface area contributed by atoms with E-state index < -0.39 is 21.9 Å². The topological polar surface area (TPSA) is 121 Å². The van der Waals surface area contributed by atoms with Crippen molar-refractivity contribution in [3.63, 3.8) is 0 Å². The zero-order valence-corrected chi connectivity index (χ0v) is 22.1. The lowest BCUT2D eigenvalue weighted by atomic mass is 10.1. The van der Waals surface area contributed by atoms with E-state index in [9.17, 15) is 27.9 Å². The molecule has 186 valence electrons. The van der Waals surface area contributed by atoms with E-state index in [4.69, 9.17) is 0 Å². The molecule has 10 heteroatoms. The molecule has 1 saturated heterocycles. The molecule has 0 unspecified atom stereocenters. The number of carbonyl (C=O) groups excluding carboxylic acids is 2. The van der Waals surface area contributed by atoms with Crippen LogP contribution in [0.1, 0.15) is 54.3 Å². The van der Waals surface area contributed by atoms with Crippen LogP contribution in [0.2, 0.25) is 0 Å². The van der Waals surface area contributed by atoms with E-state index in [1.807, 2.05) is 19.9 Å². The average molecular weight is 563 g/mol. The van der Waals surface area contributed by atoms with Crippen LogP contribution >= 0.6 is 15.9 Å². The number of Topliss-reactive ketones (excluding diaryl/α,β-unsaturated/α-hetero) is 1. The monoisotopic (exact) mass is 562 g/mol. The summed E-state index contributed by atoms with van der Waals surface area (Å²) >= 11 is 3.19. The largest absolute Gasteiger partial charge is 0.478 e. The Bertz CT molecular complexity index is 1280. The number of nitrogens with one attached hydrogen (secondary N) is 1. The molecule has 1 aliphatic rings. The molecule has 0 saturated carbocycles. The predicted octanol–water partition coefficient (Wildman–Crippen LogP) is 5.24. The molecule has 1 heterocycles. The Kier molecular flexibility index (Phi) is 9.55. The molecule has 0 bridgehead atoms. The highest BCUT2D eigenvalue weighted by Crippen LogP contribution is 2.28. The molecular formula is C25H27BrN2O6S. The Morgan fingerprint density at radius 1 is 1.11 bits per heavy atom. The number of carbonyl (C=O) groups is 3. The third-order valence-corrected chi connectivity index (χ3v) is 7.71. The molecule has 0 aromatic heterocycles. The second-order valence-electron chi connectivity index (χ2n) is 7.75. The minimum Gasteiger partial charge on any atom is -0.478 e. The zero-order valence-electron chi connectivity index (χ0n) is 19.7. The molecule has 2 aromatic carbocycles. The van der Waals surface area contributed by atoms with Gasteiger partial charge in [0, 0.05) is 22.3 Å². The molecule has 1 aliphatic heterocycles. The summed E-state index contributed by atoms with van der Waals surface area (Å²) in [7, 11) is -3.69. The fourth-order valence-electron chi connectivity index (χ4n) is 3.11. The maximum absolute atomic E-state index is 12.7. The normalized spacial score (nSPS) is 13.7. The standard InChI is InChI=1S/C19H17BrN2O5S.C6H10O/c1-12-3-2-10-22(12)28(26,27)15-7-4-13(5-8-15)18(23)21-17-9-6-14(20)11-16(17)19(24)25;1-4-5(2)6(3)7/h4-9,11H,1-3,10H2,(H,21,23)(H,24,25);4H,1-3H3/b;5-4+. The molecule has 1 amide bonds. The van der Waals surface area contributed by atoms with Gasteiger partial charge in [-0.25, -0.2) is 13.2 Å². The van der Waals surface area contributed by atoms with E-state index >= 15 is 0 Å². The highest BCUT2D eigenvalue weighted by Gasteiger charge is 2.29. The van der Waals surface area contributed by atoms with Crippen molar-refractivity contribution in [1.82, 2.24) is 4.31 Å².